The van der Waals surface area contributed by atoms with Crippen molar-refractivity contribution in [1.82, 2.24) is 0 Å². The molecule has 4 aliphatic carbocycles. The standard InChI is InChI=1S/C44H68O17/c1-20-39(60-34-16-29(53-6)40(21(2)56-34)61-41-38(51)37(50)36(49)31(18-45)59-41)28(47)15-33(55-20)58-25-9-11-42(4)24(14-25)7-8-27-26(42)10-12-43(5)35(23-13-32(48)54-19-23)30(57-22(3)46)17-44(27,43)52/h13,20-21,24-31,33-41,45,47,49-52H,7-12,14-19H2,1-6H3/t20-,21-,24-,25+,26+,27+,28+,29+,30+,31-,33+,34+,35+,36-,37+,38-,39-,40-,41+,42+,43-,44+/m1/s1. The number of aliphatic hydroxyl groups excluding tert-OH is 5. The zero-order valence-corrected chi connectivity index (χ0v) is 36.2. The summed E-state index contributed by atoms with van der Waals surface area (Å²) in [6, 6.07) is 0. The zero-order valence-electron chi connectivity index (χ0n) is 36.2. The molecular formula is C44H68O17. The lowest BCUT2D eigenvalue weighted by atomic mass is 9.43. The van der Waals surface area contributed by atoms with Crippen LogP contribution in [0.25, 0.3) is 0 Å². The summed E-state index contributed by atoms with van der Waals surface area (Å²) in [5.41, 5.74) is -0.851. The van der Waals surface area contributed by atoms with Crippen molar-refractivity contribution in [3.63, 3.8) is 0 Å². The Hall–Kier alpha value is -1.84. The van der Waals surface area contributed by atoms with Crippen LogP contribution in [0.15, 0.2) is 11.6 Å². The second kappa shape index (κ2) is 17.5. The van der Waals surface area contributed by atoms with Crippen molar-refractivity contribution in [3.05, 3.63) is 11.6 Å². The fraction of sp³-hybridized carbons (Fsp3) is 0.909. The fourth-order valence-corrected chi connectivity index (χ4v) is 13.4. The maximum Gasteiger partial charge on any atom is 0.331 e. The highest BCUT2D eigenvalue weighted by atomic mass is 16.7. The molecule has 0 amide bonds. The molecule has 17 nitrogen and oxygen atoms in total. The lowest BCUT2D eigenvalue weighted by Gasteiger charge is -2.63. The number of rotatable bonds is 10. The van der Waals surface area contributed by atoms with E-state index in [9.17, 15) is 40.2 Å². The average Bonchev–Trinajstić information content (AvgIpc) is 3.72. The lowest BCUT2D eigenvalue weighted by Crippen LogP contribution is -2.62. The van der Waals surface area contributed by atoms with E-state index in [1.807, 2.05) is 6.92 Å². The van der Waals surface area contributed by atoms with Gasteiger partial charge in [-0.3, -0.25) is 4.79 Å². The van der Waals surface area contributed by atoms with Gasteiger partial charge in [0.1, 0.15) is 49.3 Å². The van der Waals surface area contributed by atoms with Gasteiger partial charge in [0.05, 0.1) is 42.7 Å². The molecule has 22 atom stereocenters. The molecule has 7 fully saturated rings. The minimum absolute atomic E-state index is 0.0181. The first-order valence-corrected chi connectivity index (χ1v) is 22.5. The fourth-order valence-electron chi connectivity index (χ4n) is 13.4. The molecule has 8 rings (SSSR count). The van der Waals surface area contributed by atoms with Gasteiger partial charge in [-0.1, -0.05) is 13.8 Å². The lowest BCUT2D eigenvalue weighted by molar-refractivity contribution is -0.353. The van der Waals surface area contributed by atoms with Crippen LogP contribution in [0.3, 0.4) is 0 Å². The number of cyclic esters (lactones) is 1. The molecule has 0 aromatic heterocycles. The molecule has 4 saturated carbocycles. The molecule has 346 valence electrons. The van der Waals surface area contributed by atoms with Crippen molar-refractivity contribution in [2.24, 2.45) is 34.5 Å². The summed E-state index contributed by atoms with van der Waals surface area (Å²) in [5.74, 6) is -0.394. The monoisotopic (exact) mass is 868 g/mol. The highest BCUT2D eigenvalue weighted by Crippen LogP contribution is 2.70. The summed E-state index contributed by atoms with van der Waals surface area (Å²) in [6.45, 7) is 9.06. The Morgan fingerprint density at radius 1 is 0.836 bits per heavy atom. The third-order valence-electron chi connectivity index (χ3n) is 16.6. The maximum atomic E-state index is 12.9. The number of hydrogen-bond donors (Lipinski definition) is 6. The summed E-state index contributed by atoms with van der Waals surface area (Å²) in [7, 11) is 1.50. The van der Waals surface area contributed by atoms with Gasteiger partial charge in [0.2, 0.25) is 0 Å². The molecule has 4 aliphatic heterocycles. The molecule has 4 heterocycles. The van der Waals surface area contributed by atoms with Gasteiger partial charge >= 0.3 is 11.9 Å². The molecule has 0 aromatic carbocycles. The van der Waals surface area contributed by atoms with Crippen LogP contribution in [0.1, 0.15) is 98.8 Å². The highest BCUT2D eigenvalue weighted by molar-refractivity contribution is 5.85. The van der Waals surface area contributed by atoms with Crippen LogP contribution < -0.4 is 0 Å². The van der Waals surface area contributed by atoms with Crippen LogP contribution in [0, 0.1) is 34.5 Å². The van der Waals surface area contributed by atoms with E-state index in [1.54, 1.807) is 6.92 Å². The van der Waals surface area contributed by atoms with E-state index in [1.165, 1.54) is 20.1 Å². The van der Waals surface area contributed by atoms with Crippen molar-refractivity contribution >= 4 is 11.9 Å². The van der Waals surface area contributed by atoms with Crippen LogP contribution in [0.5, 0.6) is 0 Å². The summed E-state index contributed by atoms with van der Waals surface area (Å²) >= 11 is 0. The van der Waals surface area contributed by atoms with E-state index in [-0.39, 0.29) is 48.7 Å². The molecular weight excluding hydrogens is 800 g/mol. The van der Waals surface area contributed by atoms with Gasteiger partial charge in [0.15, 0.2) is 18.9 Å². The van der Waals surface area contributed by atoms with Crippen LogP contribution >= 0.6 is 0 Å². The number of fused-ring (bicyclic) bond motifs is 5. The Bertz CT molecular complexity index is 1620. The topological polar surface area (TPSA) is 239 Å². The van der Waals surface area contributed by atoms with Crippen molar-refractivity contribution in [2.75, 3.05) is 20.3 Å². The Morgan fingerprint density at radius 2 is 1.56 bits per heavy atom. The second-order valence-electron chi connectivity index (χ2n) is 19.8. The highest BCUT2D eigenvalue weighted by Gasteiger charge is 2.71. The Labute approximate surface area is 357 Å². The Kier molecular flexibility index (Phi) is 13.1. The van der Waals surface area contributed by atoms with Crippen LogP contribution in [0.4, 0.5) is 0 Å². The predicted molar refractivity (Wildman–Crippen MR) is 210 cm³/mol. The van der Waals surface area contributed by atoms with E-state index in [4.69, 9.17) is 42.6 Å². The number of methoxy groups -OCH3 is 1. The molecule has 8 aliphatic rings. The average molecular weight is 869 g/mol. The smallest absolute Gasteiger partial charge is 0.331 e. The first kappa shape index (κ1) is 45.7. The summed E-state index contributed by atoms with van der Waals surface area (Å²) in [5, 5.41) is 64.8. The van der Waals surface area contributed by atoms with Crippen LogP contribution in [-0.2, 0) is 52.2 Å². The Balaban J connectivity index is 0.854. The van der Waals surface area contributed by atoms with Crippen molar-refractivity contribution in [3.8, 4) is 0 Å². The summed E-state index contributed by atoms with van der Waals surface area (Å²) < 4.78 is 54.0. The number of carbonyl (C=O) groups excluding carboxylic acids is 2. The molecule has 0 radical (unpaired) electrons. The second-order valence-corrected chi connectivity index (χ2v) is 19.8. The molecule has 0 unspecified atom stereocenters. The third-order valence-corrected chi connectivity index (χ3v) is 16.6. The predicted octanol–water partition coefficient (Wildman–Crippen LogP) is 1.39. The quantitative estimate of drug-likeness (QED) is 0.134. The van der Waals surface area contributed by atoms with Crippen molar-refractivity contribution in [2.45, 2.75) is 197 Å². The normalized spacial score (nSPS) is 52.4. The van der Waals surface area contributed by atoms with Crippen molar-refractivity contribution in [1.29, 1.82) is 0 Å². The molecule has 61 heavy (non-hydrogen) atoms. The summed E-state index contributed by atoms with van der Waals surface area (Å²) in [4.78, 5) is 24.5. The number of hydrogen-bond acceptors (Lipinski definition) is 17. The van der Waals surface area contributed by atoms with Gasteiger partial charge in [-0.25, -0.2) is 4.79 Å². The van der Waals surface area contributed by atoms with Gasteiger partial charge in [0.25, 0.3) is 0 Å². The molecule has 0 spiro atoms. The molecule has 3 saturated heterocycles. The third kappa shape index (κ3) is 8.14. The molecule has 0 bridgehead atoms. The van der Waals surface area contributed by atoms with Crippen LogP contribution in [-0.4, -0.2) is 161 Å². The van der Waals surface area contributed by atoms with E-state index in [0.717, 1.165) is 50.5 Å². The molecule has 6 N–H and O–H groups in total. The van der Waals surface area contributed by atoms with Gasteiger partial charge in [-0.2, -0.15) is 0 Å². The number of aliphatic hydroxyl groups is 6. The SMILES string of the molecule is CO[C@H]1C[C@H](O[C@H]2[C@@H](O)C[C@H](O[C@H]3CC[C@@]4(C)[C@H](CC[C@H]5[C@@H]4CC[C@]4(C)[C@@H](C6=CC(=O)OC6)[C@@H](OC(C)=O)C[C@]54O)C3)O[C@@H]2C)O[C@H](C)[C@H]1O[C@@H]1O[C@H](CO)[C@@H](O)[C@H](O)[C@H]1O. The van der Waals surface area contributed by atoms with E-state index >= 15 is 0 Å². The maximum absolute atomic E-state index is 12.9. The van der Waals surface area contributed by atoms with E-state index in [0.29, 0.717) is 12.3 Å². The van der Waals surface area contributed by atoms with Crippen molar-refractivity contribution < 1.29 is 82.9 Å². The number of esters is 2. The van der Waals surface area contributed by atoms with Crippen LogP contribution in [0.2, 0.25) is 0 Å². The Morgan fingerprint density at radius 3 is 2.21 bits per heavy atom. The molecule has 17 heteroatoms. The number of ether oxygens (including phenoxy) is 9. The van der Waals surface area contributed by atoms with E-state index in [2.05, 4.69) is 13.8 Å². The minimum atomic E-state index is -1.59. The van der Waals surface area contributed by atoms with Gasteiger partial charge in [-0.05, 0) is 87.5 Å². The van der Waals surface area contributed by atoms with Gasteiger partial charge in [0, 0.05) is 50.7 Å². The zero-order chi connectivity index (χ0) is 43.8. The first-order valence-electron chi connectivity index (χ1n) is 22.5. The number of carbonyl (C=O) groups is 2. The molecule has 0 aromatic rings. The first-order chi connectivity index (χ1) is 28.9. The largest absolute Gasteiger partial charge is 0.462 e. The van der Waals surface area contributed by atoms with E-state index < -0.39 is 116 Å². The summed E-state index contributed by atoms with van der Waals surface area (Å²) in [6.07, 6.45) is -4.97. The van der Waals surface area contributed by atoms with Gasteiger partial charge in [-0.15, -0.1) is 0 Å². The van der Waals surface area contributed by atoms with Gasteiger partial charge < -0.3 is 73.3 Å². The minimum Gasteiger partial charge on any atom is -0.462 e.